The number of hydrogen-bond acceptors (Lipinski definition) is 2. The number of halogens is 1. The Hall–Kier alpha value is -1.20. The summed E-state index contributed by atoms with van der Waals surface area (Å²) in [6, 6.07) is 7.72. The zero-order valence-electron chi connectivity index (χ0n) is 8.34. The quantitative estimate of drug-likeness (QED) is 0.826. The average molecular weight is 209 g/mol. The molecule has 0 heterocycles. The highest BCUT2D eigenvalue weighted by Gasteiger charge is 2.05. The number of hydrogen-bond donors (Lipinski definition) is 1. The van der Waals surface area contributed by atoms with E-state index in [-0.39, 0.29) is 0 Å². The smallest absolute Gasteiger partial charge is 0.101 e. The molecular weight excluding hydrogens is 196 g/mol. The van der Waals surface area contributed by atoms with Gasteiger partial charge < -0.3 is 5.32 Å². The number of nitrogens with one attached hydrogen (secondary N) is 1. The van der Waals surface area contributed by atoms with Gasteiger partial charge in [-0.2, -0.15) is 5.26 Å². The van der Waals surface area contributed by atoms with Crippen LogP contribution in [0.25, 0.3) is 0 Å². The Labute approximate surface area is 89.5 Å². The molecule has 1 N–H and O–H groups in total. The topological polar surface area (TPSA) is 35.8 Å². The lowest BCUT2D eigenvalue weighted by atomic mass is 10.1. The molecule has 0 radical (unpaired) electrons. The van der Waals surface area contributed by atoms with E-state index in [9.17, 15) is 0 Å². The van der Waals surface area contributed by atoms with E-state index < -0.39 is 0 Å². The lowest BCUT2D eigenvalue weighted by Gasteiger charge is -2.14. The van der Waals surface area contributed by atoms with Crippen LogP contribution in [0.3, 0.4) is 0 Å². The summed E-state index contributed by atoms with van der Waals surface area (Å²) in [6.07, 6.45) is 1.01. The van der Waals surface area contributed by atoms with Crippen molar-refractivity contribution >= 4 is 17.3 Å². The number of rotatable bonds is 3. The van der Waals surface area contributed by atoms with Crippen LogP contribution in [0.4, 0.5) is 5.69 Å². The molecular formula is C11H13ClN2. The summed E-state index contributed by atoms with van der Waals surface area (Å²) in [4.78, 5) is 0. The van der Waals surface area contributed by atoms with Gasteiger partial charge >= 0.3 is 0 Å². The monoisotopic (exact) mass is 208 g/mol. The highest BCUT2D eigenvalue weighted by atomic mass is 35.5. The van der Waals surface area contributed by atoms with E-state index in [1.54, 1.807) is 18.2 Å². The van der Waals surface area contributed by atoms with E-state index in [1.165, 1.54) is 0 Å². The number of anilines is 1. The first-order valence-corrected chi connectivity index (χ1v) is 5.01. The second-order valence-corrected chi connectivity index (χ2v) is 3.69. The van der Waals surface area contributed by atoms with E-state index in [0.717, 1.165) is 12.1 Å². The van der Waals surface area contributed by atoms with Gasteiger partial charge in [0.25, 0.3) is 0 Å². The van der Waals surface area contributed by atoms with Gasteiger partial charge in [-0.25, -0.2) is 0 Å². The van der Waals surface area contributed by atoms with Crippen molar-refractivity contribution in [2.75, 3.05) is 5.32 Å². The Morgan fingerprint density at radius 1 is 1.57 bits per heavy atom. The molecule has 2 nitrogen and oxygen atoms in total. The van der Waals surface area contributed by atoms with Crippen molar-refractivity contribution < 1.29 is 0 Å². The van der Waals surface area contributed by atoms with Crippen LogP contribution >= 0.6 is 11.6 Å². The van der Waals surface area contributed by atoms with Crippen LogP contribution in [0.1, 0.15) is 25.8 Å². The first-order valence-electron chi connectivity index (χ1n) is 4.63. The van der Waals surface area contributed by atoms with E-state index in [1.807, 2.05) is 0 Å². The third-order valence-electron chi connectivity index (χ3n) is 2.12. The van der Waals surface area contributed by atoms with Crippen LogP contribution in [0.5, 0.6) is 0 Å². The molecule has 0 fully saturated rings. The summed E-state index contributed by atoms with van der Waals surface area (Å²) in [5.74, 6) is 0. The summed E-state index contributed by atoms with van der Waals surface area (Å²) in [7, 11) is 0. The molecule has 0 spiro atoms. The van der Waals surface area contributed by atoms with Crippen LogP contribution in [-0.2, 0) is 0 Å². The predicted molar refractivity (Wildman–Crippen MR) is 59.5 cm³/mol. The van der Waals surface area contributed by atoms with Crippen LogP contribution in [-0.4, -0.2) is 6.04 Å². The molecule has 1 aromatic rings. The third kappa shape index (κ3) is 2.65. The lowest BCUT2D eigenvalue weighted by Crippen LogP contribution is -2.14. The zero-order chi connectivity index (χ0) is 10.6. The van der Waals surface area contributed by atoms with Gasteiger partial charge in [0.2, 0.25) is 0 Å². The maximum absolute atomic E-state index is 8.86. The molecule has 1 rings (SSSR count). The molecule has 0 aliphatic carbocycles. The highest BCUT2D eigenvalue weighted by molar-refractivity contribution is 6.30. The molecule has 0 aliphatic heterocycles. The molecule has 0 saturated heterocycles. The highest BCUT2D eigenvalue weighted by Crippen LogP contribution is 2.21. The first-order chi connectivity index (χ1) is 6.67. The number of nitriles is 1. The first kappa shape index (κ1) is 10.9. The molecule has 0 aliphatic rings. The molecule has 1 unspecified atom stereocenters. The van der Waals surface area contributed by atoms with E-state index in [4.69, 9.17) is 16.9 Å². The van der Waals surface area contributed by atoms with Crippen molar-refractivity contribution in [3.05, 3.63) is 28.8 Å². The van der Waals surface area contributed by atoms with Gasteiger partial charge in [0.15, 0.2) is 0 Å². The zero-order valence-corrected chi connectivity index (χ0v) is 9.10. The van der Waals surface area contributed by atoms with Gasteiger partial charge in [-0.3, -0.25) is 0 Å². The van der Waals surface area contributed by atoms with Crippen molar-refractivity contribution in [1.29, 1.82) is 5.26 Å². The molecule has 0 bridgehead atoms. The van der Waals surface area contributed by atoms with Crippen LogP contribution in [0.2, 0.25) is 5.02 Å². The maximum Gasteiger partial charge on any atom is 0.101 e. The van der Waals surface area contributed by atoms with E-state index >= 15 is 0 Å². The van der Waals surface area contributed by atoms with Crippen molar-refractivity contribution in [2.24, 2.45) is 0 Å². The van der Waals surface area contributed by atoms with Crippen molar-refractivity contribution in [3.63, 3.8) is 0 Å². The van der Waals surface area contributed by atoms with Gasteiger partial charge in [-0.05, 0) is 31.5 Å². The fourth-order valence-electron chi connectivity index (χ4n) is 1.10. The molecule has 3 heteroatoms. The van der Waals surface area contributed by atoms with Gasteiger partial charge in [-0.15, -0.1) is 0 Å². The number of nitrogens with zero attached hydrogens (tertiary/aromatic N) is 1. The minimum atomic E-state index is 0.348. The second kappa shape index (κ2) is 4.88. The maximum atomic E-state index is 8.86. The fraction of sp³-hybridized carbons (Fsp3) is 0.364. The van der Waals surface area contributed by atoms with E-state index in [2.05, 4.69) is 25.2 Å². The molecule has 1 atom stereocenters. The fourth-order valence-corrected chi connectivity index (χ4v) is 1.27. The van der Waals surface area contributed by atoms with Gasteiger partial charge in [0.05, 0.1) is 11.3 Å². The standard InChI is InChI=1S/C11H13ClN2/c1-3-8(2)14-11-6-10(12)5-4-9(11)7-13/h4-6,8,14H,3H2,1-2H3. The molecule has 0 amide bonds. The van der Waals surface area contributed by atoms with Gasteiger partial charge in [0, 0.05) is 11.1 Å². The van der Waals surface area contributed by atoms with Gasteiger partial charge in [-0.1, -0.05) is 18.5 Å². The number of benzene rings is 1. The second-order valence-electron chi connectivity index (χ2n) is 3.26. The third-order valence-corrected chi connectivity index (χ3v) is 2.35. The minimum Gasteiger partial charge on any atom is -0.381 e. The summed E-state index contributed by atoms with van der Waals surface area (Å²) in [5, 5.41) is 12.8. The van der Waals surface area contributed by atoms with Crippen molar-refractivity contribution in [2.45, 2.75) is 26.3 Å². The molecule has 0 aromatic heterocycles. The van der Waals surface area contributed by atoms with Crippen LogP contribution in [0.15, 0.2) is 18.2 Å². The van der Waals surface area contributed by atoms with Crippen molar-refractivity contribution in [3.8, 4) is 6.07 Å². The Bertz CT molecular complexity index is 355. The Balaban J connectivity index is 2.94. The Morgan fingerprint density at radius 2 is 2.29 bits per heavy atom. The minimum absolute atomic E-state index is 0.348. The van der Waals surface area contributed by atoms with E-state index in [0.29, 0.717) is 16.6 Å². The Kier molecular flexibility index (Phi) is 3.79. The Morgan fingerprint density at radius 3 is 2.86 bits per heavy atom. The average Bonchev–Trinajstić information content (AvgIpc) is 2.18. The summed E-state index contributed by atoms with van der Waals surface area (Å²) >= 11 is 5.85. The van der Waals surface area contributed by atoms with Gasteiger partial charge in [0.1, 0.15) is 6.07 Å². The molecule has 0 saturated carbocycles. The molecule has 74 valence electrons. The molecule has 1 aromatic carbocycles. The molecule has 14 heavy (non-hydrogen) atoms. The summed E-state index contributed by atoms with van der Waals surface area (Å²) in [5.41, 5.74) is 1.45. The summed E-state index contributed by atoms with van der Waals surface area (Å²) < 4.78 is 0. The SMILES string of the molecule is CCC(C)Nc1cc(Cl)ccc1C#N. The van der Waals surface area contributed by atoms with Crippen LogP contribution < -0.4 is 5.32 Å². The van der Waals surface area contributed by atoms with Crippen molar-refractivity contribution in [1.82, 2.24) is 0 Å². The van der Waals surface area contributed by atoms with Crippen LogP contribution in [0, 0.1) is 11.3 Å². The largest absolute Gasteiger partial charge is 0.381 e. The predicted octanol–water partition coefficient (Wildman–Crippen LogP) is 3.42. The lowest BCUT2D eigenvalue weighted by molar-refractivity contribution is 0.764. The summed E-state index contributed by atoms with van der Waals surface area (Å²) in [6.45, 7) is 4.16. The normalized spacial score (nSPS) is 11.9.